The summed E-state index contributed by atoms with van der Waals surface area (Å²) in [5.41, 5.74) is 7.98. The lowest BCUT2D eigenvalue weighted by Crippen LogP contribution is -2.45. The summed E-state index contributed by atoms with van der Waals surface area (Å²) in [5.74, 6) is 0.128. The first kappa shape index (κ1) is 19.6. The van der Waals surface area contributed by atoms with Crippen LogP contribution in [0, 0.1) is 5.92 Å². The summed E-state index contributed by atoms with van der Waals surface area (Å²) >= 11 is 0. The van der Waals surface area contributed by atoms with Crippen molar-refractivity contribution in [2.45, 2.75) is 31.8 Å². The van der Waals surface area contributed by atoms with Gasteiger partial charge in [-0.1, -0.05) is 37.3 Å². The summed E-state index contributed by atoms with van der Waals surface area (Å²) in [7, 11) is 3.97. The third kappa shape index (κ3) is 4.39. The van der Waals surface area contributed by atoms with Crippen molar-refractivity contribution in [2.24, 2.45) is 18.7 Å². The molecule has 1 aromatic heterocycles. The Morgan fingerprint density at radius 3 is 2.70 bits per heavy atom. The minimum atomic E-state index is -0.405. The van der Waals surface area contributed by atoms with E-state index in [1.165, 1.54) is 12.0 Å². The number of carbonyl (C=O) groups excluding carboxylic acids is 1. The van der Waals surface area contributed by atoms with Crippen LogP contribution in [0.5, 0.6) is 0 Å². The van der Waals surface area contributed by atoms with Gasteiger partial charge < -0.3 is 5.73 Å². The normalized spacial score (nSPS) is 22.1. The molecule has 1 amide bonds. The van der Waals surface area contributed by atoms with Crippen molar-refractivity contribution in [3.05, 3.63) is 53.9 Å². The van der Waals surface area contributed by atoms with Crippen LogP contribution in [-0.4, -0.2) is 52.2 Å². The zero-order chi connectivity index (χ0) is 19.4. The summed E-state index contributed by atoms with van der Waals surface area (Å²) in [6.07, 6.45) is 6.42. The molecule has 0 spiro atoms. The predicted molar refractivity (Wildman–Crippen MR) is 107 cm³/mol. The van der Waals surface area contributed by atoms with E-state index in [1.807, 2.05) is 55.3 Å². The molecular formula is C21H31N5O. The number of aryl methyl sites for hydroxylation is 1. The fourth-order valence-electron chi connectivity index (χ4n) is 4.52. The first-order chi connectivity index (χ1) is 13.0. The number of piperidine rings is 1. The van der Waals surface area contributed by atoms with Crippen molar-refractivity contribution in [3.8, 4) is 0 Å². The van der Waals surface area contributed by atoms with Crippen molar-refractivity contribution in [2.75, 3.05) is 26.7 Å². The van der Waals surface area contributed by atoms with Gasteiger partial charge >= 0.3 is 0 Å². The van der Waals surface area contributed by atoms with Gasteiger partial charge in [-0.05, 0) is 44.5 Å². The van der Waals surface area contributed by atoms with Crippen LogP contribution in [-0.2, 0) is 11.8 Å². The number of hydrogen-bond donors (Lipinski definition) is 1. The Balaban J connectivity index is 1.83. The third-order valence-corrected chi connectivity index (χ3v) is 5.68. The molecule has 1 aliphatic heterocycles. The standard InChI is InChI=1S/C21H31N5O/c1-4-26-12-8-11-17(19(26)18-13-23-25(3)15-18)14-24(2)20(21(22)27)16-9-6-5-7-10-16/h5-7,9-10,13,15,17,19-20H,4,8,11-12,14H2,1-3H3,(H2,22,27)/t17-,19+,20+/m0/s1. The lowest BCUT2D eigenvalue weighted by Gasteiger charge is -2.42. The maximum absolute atomic E-state index is 12.2. The minimum Gasteiger partial charge on any atom is -0.368 e. The van der Waals surface area contributed by atoms with Crippen LogP contribution in [0.25, 0.3) is 0 Å². The summed E-state index contributed by atoms with van der Waals surface area (Å²) in [6, 6.07) is 9.74. The van der Waals surface area contributed by atoms with Crippen LogP contribution < -0.4 is 5.73 Å². The van der Waals surface area contributed by atoms with Crippen molar-refractivity contribution in [1.82, 2.24) is 19.6 Å². The molecule has 6 heteroatoms. The molecule has 0 aliphatic carbocycles. The number of nitrogens with two attached hydrogens (primary N) is 1. The number of rotatable bonds is 7. The lowest BCUT2D eigenvalue weighted by molar-refractivity contribution is -0.123. The van der Waals surface area contributed by atoms with Crippen LogP contribution >= 0.6 is 0 Å². The second-order valence-electron chi connectivity index (χ2n) is 7.58. The molecule has 1 fully saturated rings. The van der Waals surface area contributed by atoms with E-state index in [0.29, 0.717) is 12.0 Å². The fraction of sp³-hybridized carbons (Fsp3) is 0.524. The van der Waals surface area contributed by atoms with Gasteiger partial charge in [-0.15, -0.1) is 0 Å². The summed E-state index contributed by atoms with van der Waals surface area (Å²) in [5, 5.41) is 4.39. The molecule has 3 atom stereocenters. The fourth-order valence-corrected chi connectivity index (χ4v) is 4.52. The van der Waals surface area contributed by atoms with E-state index in [0.717, 1.165) is 31.6 Å². The van der Waals surface area contributed by atoms with E-state index >= 15 is 0 Å². The van der Waals surface area contributed by atoms with E-state index in [4.69, 9.17) is 5.73 Å². The SMILES string of the molecule is CCN1CCC[C@@H](CN(C)[C@@H](C(N)=O)c2ccccc2)[C@@H]1c1cnn(C)c1. The Labute approximate surface area is 161 Å². The third-order valence-electron chi connectivity index (χ3n) is 5.68. The van der Waals surface area contributed by atoms with E-state index in [2.05, 4.69) is 28.0 Å². The zero-order valence-electron chi connectivity index (χ0n) is 16.6. The average molecular weight is 370 g/mol. The van der Waals surface area contributed by atoms with Crippen molar-refractivity contribution in [3.63, 3.8) is 0 Å². The molecular weight excluding hydrogens is 338 g/mol. The van der Waals surface area contributed by atoms with Gasteiger partial charge in [-0.3, -0.25) is 19.3 Å². The molecule has 0 bridgehead atoms. The number of hydrogen-bond acceptors (Lipinski definition) is 4. The second kappa shape index (κ2) is 8.67. The van der Waals surface area contributed by atoms with Crippen molar-refractivity contribution in [1.29, 1.82) is 0 Å². The van der Waals surface area contributed by atoms with Gasteiger partial charge in [-0.2, -0.15) is 5.10 Å². The molecule has 0 saturated carbocycles. The van der Waals surface area contributed by atoms with E-state index in [-0.39, 0.29) is 5.91 Å². The Morgan fingerprint density at radius 1 is 1.37 bits per heavy atom. The smallest absolute Gasteiger partial charge is 0.239 e. The topological polar surface area (TPSA) is 67.4 Å². The monoisotopic (exact) mass is 369 g/mol. The second-order valence-corrected chi connectivity index (χ2v) is 7.58. The summed E-state index contributed by atoms with van der Waals surface area (Å²) < 4.78 is 1.87. The Kier molecular flexibility index (Phi) is 6.29. The van der Waals surface area contributed by atoms with Crippen LogP contribution in [0.15, 0.2) is 42.7 Å². The first-order valence-electron chi connectivity index (χ1n) is 9.78. The Morgan fingerprint density at radius 2 is 2.11 bits per heavy atom. The minimum absolute atomic E-state index is 0.301. The molecule has 1 aliphatic rings. The molecule has 3 rings (SSSR count). The number of nitrogens with zero attached hydrogens (tertiary/aromatic N) is 4. The number of amides is 1. The van der Waals surface area contributed by atoms with Crippen LogP contribution in [0.2, 0.25) is 0 Å². The first-order valence-corrected chi connectivity index (χ1v) is 9.78. The highest BCUT2D eigenvalue weighted by molar-refractivity contribution is 5.81. The highest BCUT2D eigenvalue weighted by atomic mass is 16.1. The van der Waals surface area contributed by atoms with Gasteiger partial charge in [-0.25, -0.2) is 0 Å². The Hall–Kier alpha value is -2.18. The predicted octanol–water partition coefficient (Wildman–Crippen LogP) is 2.35. The highest BCUT2D eigenvalue weighted by Crippen LogP contribution is 2.37. The number of primary amides is 1. The lowest BCUT2D eigenvalue weighted by atomic mass is 9.85. The number of benzene rings is 1. The number of likely N-dealkylation sites (tertiary alicyclic amines) is 1. The summed E-state index contributed by atoms with van der Waals surface area (Å²) in [4.78, 5) is 16.9. The molecule has 2 aromatic rings. The van der Waals surface area contributed by atoms with Gasteiger partial charge in [0.1, 0.15) is 6.04 Å². The quantitative estimate of drug-likeness (QED) is 0.813. The molecule has 2 N–H and O–H groups in total. The van der Waals surface area contributed by atoms with E-state index in [9.17, 15) is 4.79 Å². The molecule has 1 aromatic carbocycles. The molecule has 6 nitrogen and oxygen atoms in total. The number of aromatic nitrogens is 2. The highest BCUT2D eigenvalue weighted by Gasteiger charge is 2.35. The van der Waals surface area contributed by atoms with Crippen molar-refractivity contribution < 1.29 is 4.79 Å². The van der Waals surface area contributed by atoms with Crippen LogP contribution in [0.3, 0.4) is 0 Å². The zero-order valence-corrected chi connectivity index (χ0v) is 16.6. The van der Waals surface area contributed by atoms with E-state index in [1.54, 1.807) is 0 Å². The van der Waals surface area contributed by atoms with Crippen LogP contribution in [0.1, 0.15) is 43.0 Å². The maximum Gasteiger partial charge on any atom is 0.239 e. The van der Waals surface area contributed by atoms with Crippen LogP contribution in [0.4, 0.5) is 0 Å². The molecule has 0 radical (unpaired) electrons. The average Bonchev–Trinajstić information content (AvgIpc) is 3.08. The largest absolute Gasteiger partial charge is 0.368 e. The summed E-state index contributed by atoms with van der Waals surface area (Å²) in [6.45, 7) is 5.15. The van der Waals surface area contributed by atoms with Gasteiger partial charge in [0, 0.05) is 31.4 Å². The molecule has 0 unspecified atom stereocenters. The van der Waals surface area contributed by atoms with E-state index < -0.39 is 6.04 Å². The van der Waals surface area contributed by atoms with Gasteiger partial charge in [0.25, 0.3) is 0 Å². The Bertz CT molecular complexity index is 744. The van der Waals surface area contributed by atoms with Crippen molar-refractivity contribution >= 4 is 5.91 Å². The molecule has 146 valence electrons. The van der Waals surface area contributed by atoms with Gasteiger partial charge in [0.05, 0.1) is 6.20 Å². The van der Waals surface area contributed by atoms with Gasteiger partial charge in [0.15, 0.2) is 0 Å². The maximum atomic E-state index is 12.2. The number of carbonyl (C=O) groups is 1. The molecule has 1 saturated heterocycles. The molecule has 2 heterocycles. The van der Waals surface area contributed by atoms with Gasteiger partial charge in [0.2, 0.25) is 5.91 Å². The molecule has 27 heavy (non-hydrogen) atoms. The number of likely N-dealkylation sites (N-methyl/N-ethyl adjacent to an activating group) is 1.